The Morgan fingerprint density at radius 3 is 2.80 bits per heavy atom. The maximum Gasteiger partial charge on any atom is 0.123 e. The molecule has 2 N–H and O–H groups in total. The smallest absolute Gasteiger partial charge is 0.123 e. The number of benzene rings is 1. The van der Waals surface area contributed by atoms with Gasteiger partial charge in [-0.05, 0) is 12.1 Å². The highest BCUT2D eigenvalue weighted by Crippen LogP contribution is 2.19. The van der Waals surface area contributed by atoms with Crippen LogP contribution in [0.1, 0.15) is 0 Å². The van der Waals surface area contributed by atoms with Gasteiger partial charge in [0.2, 0.25) is 0 Å². The van der Waals surface area contributed by atoms with Crippen LogP contribution in [0.25, 0.3) is 0 Å². The largest absolute Gasteiger partial charge is 0.497 e. The van der Waals surface area contributed by atoms with Crippen molar-refractivity contribution in [2.45, 2.75) is 0 Å². The SMILES string of the molecule is COc1cccc(OC/C(=C/F)CN)c1. The third-order valence-electron chi connectivity index (χ3n) is 1.88. The quantitative estimate of drug-likeness (QED) is 0.808. The summed E-state index contributed by atoms with van der Waals surface area (Å²) in [7, 11) is 1.58. The predicted octanol–water partition coefficient (Wildman–Crippen LogP) is 1.89. The molecule has 0 spiro atoms. The van der Waals surface area contributed by atoms with E-state index in [0.29, 0.717) is 23.4 Å². The highest BCUT2D eigenvalue weighted by atomic mass is 19.1. The van der Waals surface area contributed by atoms with Crippen LogP contribution in [-0.2, 0) is 0 Å². The van der Waals surface area contributed by atoms with E-state index in [1.54, 1.807) is 25.3 Å². The Bertz CT molecular complexity index is 339. The number of nitrogens with two attached hydrogens (primary N) is 1. The molecule has 82 valence electrons. The highest BCUT2D eigenvalue weighted by Gasteiger charge is 1.99. The van der Waals surface area contributed by atoms with Gasteiger partial charge in [0.05, 0.1) is 13.4 Å². The molecule has 0 heterocycles. The summed E-state index contributed by atoms with van der Waals surface area (Å²) in [6.07, 6.45) is 0.472. The topological polar surface area (TPSA) is 44.5 Å². The van der Waals surface area contributed by atoms with Crippen LogP contribution in [-0.4, -0.2) is 20.3 Å². The number of methoxy groups -OCH3 is 1. The first-order valence-corrected chi connectivity index (χ1v) is 4.55. The van der Waals surface area contributed by atoms with E-state index in [4.69, 9.17) is 15.2 Å². The fourth-order valence-electron chi connectivity index (χ4n) is 1.00. The summed E-state index contributed by atoms with van der Waals surface area (Å²) < 4.78 is 22.5. The fourth-order valence-corrected chi connectivity index (χ4v) is 1.00. The molecule has 4 heteroatoms. The minimum atomic E-state index is 0.153. The van der Waals surface area contributed by atoms with E-state index in [2.05, 4.69) is 0 Å². The van der Waals surface area contributed by atoms with Gasteiger partial charge in [0.25, 0.3) is 0 Å². The van der Waals surface area contributed by atoms with E-state index in [-0.39, 0.29) is 13.2 Å². The van der Waals surface area contributed by atoms with E-state index in [1.807, 2.05) is 6.07 Å². The van der Waals surface area contributed by atoms with Crippen molar-refractivity contribution >= 4 is 0 Å². The molecule has 0 saturated heterocycles. The van der Waals surface area contributed by atoms with Crippen LogP contribution in [0.4, 0.5) is 4.39 Å². The van der Waals surface area contributed by atoms with Crippen molar-refractivity contribution in [1.82, 2.24) is 0 Å². The first-order valence-electron chi connectivity index (χ1n) is 4.55. The molecule has 0 atom stereocenters. The van der Waals surface area contributed by atoms with Crippen molar-refractivity contribution in [3.63, 3.8) is 0 Å². The first kappa shape index (κ1) is 11.5. The summed E-state index contributed by atoms with van der Waals surface area (Å²) >= 11 is 0. The maximum atomic E-state index is 12.2. The van der Waals surface area contributed by atoms with Crippen LogP contribution in [0.5, 0.6) is 11.5 Å². The second-order valence-electron chi connectivity index (χ2n) is 2.94. The lowest BCUT2D eigenvalue weighted by Crippen LogP contribution is -2.10. The lowest BCUT2D eigenvalue weighted by molar-refractivity contribution is 0.343. The molecule has 1 aromatic carbocycles. The Morgan fingerprint density at radius 1 is 1.47 bits per heavy atom. The van der Waals surface area contributed by atoms with Gasteiger partial charge in [0.15, 0.2) is 0 Å². The zero-order valence-corrected chi connectivity index (χ0v) is 8.57. The van der Waals surface area contributed by atoms with E-state index in [0.717, 1.165) is 0 Å². The molecule has 0 aliphatic carbocycles. The van der Waals surface area contributed by atoms with Crippen LogP contribution in [0.2, 0.25) is 0 Å². The Labute approximate surface area is 88.3 Å². The number of hydrogen-bond acceptors (Lipinski definition) is 3. The lowest BCUT2D eigenvalue weighted by atomic mass is 10.3. The Balaban J connectivity index is 2.57. The third-order valence-corrected chi connectivity index (χ3v) is 1.88. The molecule has 0 radical (unpaired) electrons. The molecule has 0 amide bonds. The standard InChI is InChI=1S/C11H14FNO2/c1-14-10-3-2-4-11(5-10)15-8-9(6-12)7-13/h2-6H,7-8,13H2,1H3/b9-6+. The third kappa shape index (κ3) is 3.59. The molecule has 0 bridgehead atoms. The average molecular weight is 211 g/mol. The fraction of sp³-hybridized carbons (Fsp3) is 0.273. The van der Waals surface area contributed by atoms with E-state index >= 15 is 0 Å². The van der Waals surface area contributed by atoms with Gasteiger partial charge in [-0.1, -0.05) is 6.07 Å². The molecule has 1 rings (SSSR count). The zero-order chi connectivity index (χ0) is 11.1. The zero-order valence-electron chi connectivity index (χ0n) is 8.57. The number of halogens is 1. The molecule has 15 heavy (non-hydrogen) atoms. The van der Waals surface area contributed by atoms with E-state index in [1.165, 1.54) is 0 Å². The Morgan fingerprint density at radius 2 is 2.20 bits per heavy atom. The lowest BCUT2D eigenvalue weighted by Gasteiger charge is -2.08. The van der Waals surface area contributed by atoms with Gasteiger partial charge < -0.3 is 15.2 Å². The molecule has 0 aromatic heterocycles. The number of rotatable bonds is 5. The molecular weight excluding hydrogens is 197 g/mol. The van der Waals surface area contributed by atoms with Gasteiger partial charge in [-0.15, -0.1) is 0 Å². The molecule has 0 aliphatic rings. The first-order chi connectivity index (χ1) is 7.30. The van der Waals surface area contributed by atoms with Gasteiger partial charge in [-0.25, -0.2) is 4.39 Å². The molecule has 0 aliphatic heterocycles. The van der Waals surface area contributed by atoms with Gasteiger partial charge in [0, 0.05) is 18.2 Å². The Hall–Kier alpha value is -1.55. The minimum absolute atomic E-state index is 0.153. The van der Waals surface area contributed by atoms with Crippen molar-refractivity contribution in [2.75, 3.05) is 20.3 Å². The van der Waals surface area contributed by atoms with Crippen molar-refractivity contribution in [1.29, 1.82) is 0 Å². The summed E-state index contributed by atoms with van der Waals surface area (Å²) in [5.41, 5.74) is 5.71. The van der Waals surface area contributed by atoms with Crippen LogP contribution < -0.4 is 15.2 Å². The van der Waals surface area contributed by atoms with Gasteiger partial charge in [0.1, 0.15) is 18.1 Å². The molecule has 0 unspecified atom stereocenters. The van der Waals surface area contributed by atoms with Crippen molar-refractivity contribution in [3.8, 4) is 11.5 Å². The van der Waals surface area contributed by atoms with E-state index in [9.17, 15) is 4.39 Å². The van der Waals surface area contributed by atoms with E-state index < -0.39 is 0 Å². The molecule has 1 aromatic rings. The van der Waals surface area contributed by atoms with Gasteiger partial charge in [-0.2, -0.15) is 0 Å². The molecule has 0 saturated carbocycles. The molecular formula is C11H14FNO2. The molecule has 0 fully saturated rings. The second-order valence-corrected chi connectivity index (χ2v) is 2.94. The van der Waals surface area contributed by atoms with Crippen LogP contribution in [0.15, 0.2) is 36.2 Å². The van der Waals surface area contributed by atoms with Gasteiger partial charge in [-0.3, -0.25) is 0 Å². The summed E-state index contributed by atoms with van der Waals surface area (Å²) in [5.74, 6) is 1.33. The van der Waals surface area contributed by atoms with Crippen LogP contribution in [0, 0.1) is 0 Å². The second kappa shape index (κ2) is 6.03. The van der Waals surface area contributed by atoms with Crippen LogP contribution >= 0.6 is 0 Å². The van der Waals surface area contributed by atoms with Gasteiger partial charge >= 0.3 is 0 Å². The predicted molar refractivity (Wildman–Crippen MR) is 56.7 cm³/mol. The monoisotopic (exact) mass is 211 g/mol. The average Bonchev–Trinajstić information content (AvgIpc) is 2.31. The normalized spacial score (nSPS) is 11.3. The maximum absolute atomic E-state index is 12.2. The summed E-state index contributed by atoms with van der Waals surface area (Å²) in [5, 5.41) is 0. The highest BCUT2D eigenvalue weighted by molar-refractivity contribution is 5.33. The number of ether oxygens (including phenoxy) is 2. The minimum Gasteiger partial charge on any atom is -0.497 e. The van der Waals surface area contributed by atoms with Crippen molar-refractivity contribution in [2.24, 2.45) is 5.73 Å². The van der Waals surface area contributed by atoms with Crippen molar-refractivity contribution in [3.05, 3.63) is 36.2 Å². The van der Waals surface area contributed by atoms with Crippen LogP contribution in [0.3, 0.4) is 0 Å². The molecule has 3 nitrogen and oxygen atoms in total. The summed E-state index contributed by atoms with van der Waals surface area (Å²) in [6, 6.07) is 7.11. The summed E-state index contributed by atoms with van der Waals surface area (Å²) in [6.45, 7) is 0.306. The summed E-state index contributed by atoms with van der Waals surface area (Å²) in [4.78, 5) is 0. The van der Waals surface area contributed by atoms with Crippen molar-refractivity contribution < 1.29 is 13.9 Å². The Kier molecular flexibility index (Phi) is 4.63. The number of hydrogen-bond donors (Lipinski definition) is 1.